The Hall–Kier alpha value is -1.55. The number of benzene rings is 1. The molecule has 1 aromatic carbocycles. The van der Waals surface area contributed by atoms with Crippen LogP contribution in [0.1, 0.15) is 19.8 Å². The van der Waals surface area contributed by atoms with E-state index in [4.69, 9.17) is 11.6 Å². The molecule has 0 radical (unpaired) electrons. The number of alkyl halides is 1. The number of rotatable bonds is 3. The van der Waals surface area contributed by atoms with Gasteiger partial charge in [-0.3, -0.25) is 9.59 Å². The van der Waals surface area contributed by atoms with Crippen molar-refractivity contribution in [2.75, 3.05) is 16.8 Å². The zero-order chi connectivity index (χ0) is 13.1. The third-order valence-electron chi connectivity index (χ3n) is 2.86. The van der Waals surface area contributed by atoms with Crippen molar-refractivity contribution >= 4 is 34.8 Å². The number of amides is 2. The summed E-state index contributed by atoms with van der Waals surface area (Å²) >= 11 is 5.69. The second kappa shape index (κ2) is 5.40. The highest BCUT2D eigenvalue weighted by atomic mass is 35.5. The van der Waals surface area contributed by atoms with Gasteiger partial charge in [0.15, 0.2) is 0 Å². The molecule has 0 spiro atoms. The largest absolute Gasteiger partial charge is 0.325 e. The molecule has 2 rings (SSSR count). The average Bonchev–Trinajstić information content (AvgIpc) is 2.75. The van der Waals surface area contributed by atoms with E-state index < -0.39 is 5.38 Å². The molecule has 18 heavy (non-hydrogen) atoms. The maximum absolute atomic E-state index is 11.6. The normalized spacial score (nSPS) is 16.8. The number of carbonyl (C=O) groups is 2. The quantitative estimate of drug-likeness (QED) is 0.854. The zero-order valence-corrected chi connectivity index (χ0v) is 10.9. The maximum atomic E-state index is 11.6. The van der Waals surface area contributed by atoms with E-state index in [9.17, 15) is 9.59 Å². The molecule has 0 saturated carbocycles. The molecular formula is C13H15ClN2O2. The van der Waals surface area contributed by atoms with Crippen molar-refractivity contribution in [1.29, 1.82) is 0 Å². The van der Waals surface area contributed by atoms with Gasteiger partial charge >= 0.3 is 0 Å². The molecule has 1 aliphatic heterocycles. The molecule has 4 nitrogen and oxygen atoms in total. The van der Waals surface area contributed by atoms with Crippen molar-refractivity contribution in [2.24, 2.45) is 0 Å². The van der Waals surface area contributed by atoms with Gasteiger partial charge in [0.1, 0.15) is 5.38 Å². The summed E-state index contributed by atoms with van der Waals surface area (Å²) in [5.74, 6) is -0.120. The fourth-order valence-electron chi connectivity index (χ4n) is 1.91. The Balaban J connectivity index is 2.15. The van der Waals surface area contributed by atoms with Crippen molar-refractivity contribution in [3.63, 3.8) is 0 Å². The summed E-state index contributed by atoms with van der Waals surface area (Å²) in [5.41, 5.74) is 1.47. The first-order valence-electron chi connectivity index (χ1n) is 5.93. The Bertz CT molecular complexity index is 474. The standard InChI is InChI=1S/C13H15ClN2O2/c1-9(14)13(18)15-10-4-2-5-11(8-10)16-7-3-6-12(16)17/h2,4-5,8-9H,3,6-7H2,1H3,(H,15,18)/t9-/m1/s1. The Morgan fingerprint density at radius 1 is 1.50 bits per heavy atom. The predicted octanol–water partition coefficient (Wildman–Crippen LogP) is 2.38. The van der Waals surface area contributed by atoms with Crippen LogP contribution in [0.5, 0.6) is 0 Å². The van der Waals surface area contributed by atoms with Gasteiger partial charge in [-0.05, 0) is 31.5 Å². The summed E-state index contributed by atoms with van der Waals surface area (Å²) < 4.78 is 0. The van der Waals surface area contributed by atoms with Crippen molar-refractivity contribution < 1.29 is 9.59 Å². The minimum Gasteiger partial charge on any atom is -0.325 e. The minimum absolute atomic E-state index is 0.129. The molecule has 1 saturated heterocycles. The summed E-state index contributed by atoms with van der Waals surface area (Å²) in [6.07, 6.45) is 1.48. The highest BCUT2D eigenvalue weighted by Gasteiger charge is 2.21. The Morgan fingerprint density at radius 2 is 2.28 bits per heavy atom. The van der Waals surface area contributed by atoms with E-state index >= 15 is 0 Å². The van der Waals surface area contributed by atoms with Gasteiger partial charge < -0.3 is 10.2 Å². The van der Waals surface area contributed by atoms with Crippen LogP contribution in [-0.2, 0) is 9.59 Å². The topological polar surface area (TPSA) is 49.4 Å². The molecule has 1 fully saturated rings. The van der Waals surface area contributed by atoms with Crippen molar-refractivity contribution in [3.05, 3.63) is 24.3 Å². The van der Waals surface area contributed by atoms with Gasteiger partial charge in [-0.25, -0.2) is 0 Å². The van der Waals surface area contributed by atoms with Crippen molar-refractivity contribution in [1.82, 2.24) is 0 Å². The van der Waals surface area contributed by atoms with Crippen molar-refractivity contribution in [3.8, 4) is 0 Å². The van der Waals surface area contributed by atoms with Crippen LogP contribution in [0.3, 0.4) is 0 Å². The molecule has 0 aromatic heterocycles. The van der Waals surface area contributed by atoms with Crippen LogP contribution in [0, 0.1) is 0 Å². The molecule has 1 N–H and O–H groups in total. The van der Waals surface area contributed by atoms with E-state index in [0.29, 0.717) is 12.1 Å². The lowest BCUT2D eigenvalue weighted by molar-refractivity contribution is -0.117. The van der Waals surface area contributed by atoms with Gasteiger partial charge in [-0.2, -0.15) is 0 Å². The zero-order valence-electron chi connectivity index (χ0n) is 10.1. The van der Waals surface area contributed by atoms with Gasteiger partial charge in [0, 0.05) is 24.3 Å². The van der Waals surface area contributed by atoms with E-state index in [1.165, 1.54) is 0 Å². The van der Waals surface area contributed by atoms with E-state index in [0.717, 1.165) is 18.7 Å². The van der Waals surface area contributed by atoms with Gasteiger partial charge in [0.2, 0.25) is 11.8 Å². The van der Waals surface area contributed by atoms with Crippen LogP contribution in [-0.4, -0.2) is 23.7 Å². The van der Waals surface area contributed by atoms with Crippen molar-refractivity contribution in [2.45, 2.75) is 25.1 Å². The predicted molar refractivity (Wildman–Crippen MR) is 72.0 cm³/mol. The van der Waals surface area contributed by atoms with Gasteiger partial charge in [0.25, 0.3) is 0 Å². The molecule has 96 valence electrons. The van der Waals surface area contributed by atoms with Gasteiger partial charge in [-0.1, -0.05) is 6.07 Å². The average molecular weight is 267 g/mol. The molecule has 1 aliphatic rings. The molecule has 1 aromatic rings. The van der Waals surface area contributed by atoms with Crippen LogP contribution < -0.4 is 10.2 Å². The molecule has 5 heteroatoms. The lowest BCUT2D eigenvalue weighted by atomic mass is 10.2. The highest BCUT2D eigenvalue weighted by molar-refractivity contribution is 6.32. The van der Waals surface area contributed by atoms with E-state index in [2.05, 4.69) is 5.32 Å². The van der Waals surface area contributed by atoms with Crippen LogP contribution >= 0.6 is 11.6 Å². The van der Waals surface area contributed by atoms with Crippen LogP contribution in [0.15, 0.2) is 24.3 Å². The van der Waals surface area contributed by atoms with E-state index in [1.807, 2.05) is 12.1 Å². The summed E-state index contributed by atoms with van der Waals surface area (Å²) in [5, 5.41) is 2.13. The Morgan fingerprint density at radius 3 is 2.89 bits per heavy atom. The second-order valence-electron chi connectivity index (χ2n) is 4.30. The SMILES string of the molecule is C[C@@H](Cl)C(=O)Nc1cccc(N2CCCC2=O)c1. The first-order valence-corrected chi connectivity index (χ1v) is 6.37. The summed E-state index contributed by atoms with van der Waals surface area (Å²) in [6, 6.07) is 7.25. The smallest absolute Gasteiger partial charge is 0.242 e. The number of halogens is 1. The fraction of sp³-hybridized carbons (Fsp3) is 0.385. The summed E-state index contributed by atoms with van der Waals surface area (Å²) in [4.78, 5) is 24.9. The monoisotopic (exact) mass is 266 g/mol. The number of hydrogen-bond acceptors (Lipinski definition) is 2. The van der Waals surface area contributed by atoms with Gasteiger partial charge in [-0.15, -0.1) is 11.6 Å². The summed E-state index contributed by atoms with van der Waals surface area (Å²) in [7, 11) is 0. The first kappa shape index (κ1) is 12.9. The maximum Gasteiger partial charge on any atom is 0.242 e. The van der Waals surface area contributed by atoms with Crippen LogP contribution in [0.2, 0.25) is 0 Å². The van der Waals surface area contributed by atoms with Crippen LogP contribution in [0.25, 0.3) is 0 Å². The molecule has 0 unspecified atom stereocenters. The number of carbonyl (C=O) groups excluding carboxylic acids is 2. The molecule has 1 atom stereocenters. The highest BCUT2D eigenvalue weighted by Crippen LogP contribution is 2.24. The number of hydrogen-bond donors (Lipinski definition) is 1. The minimum atomic E-state index is -0.581. The third kappa shape index (κ3) is 2.82. The second-order valence-corrected chi connectivity index (χ2v) is 4.96. The Labute approximate surface area is 111 Å². The molecule has 1 heterocycles. The molecule has 2 amide bonds. The van der Waals surface area contributed by atoms with E-state index in [-0.39, 0.29) is 11.8 Å². The summed E-state index contributed by atoms with van der Waals surface area (Å²) in [6.45, 7) is 2.35. The molecule has 0 aliphatic carbocycles. The Kier molecular flexibility index (Phi) is 3.87. The van der Waals surface area contributed by atoms with E-state index in [1.54, 1.807) is 24.0 Å². The number of nitrogens with zero attached hydrogens (tertiary/aromatic N) is 1. The third-order valence-corrected chi connectivity index (χ3v) is 3.06. The number of anilines is 2. The lowest BCUT2D eigenvalue weighted by Gasteiger charge is -2.17. The molecular weight excluding hydrogens is 252 g/mol. The fourth-order valence-corrected chi connectivity index (χ4v) is 1.97. The van der Waals surface area contributed by atoms with Crippen LogP contribution in [0.4, 0.5) is 11.4 Å². The molecule has 0 bridgehead atoms. The lowest BCUT2D eigenvalue weighted by Crippen LogP contribution is -2.24. The van der Waals surface area contributed by atoms with Gasteiger partial charge in [0.05, 0.1) is 0 Å². The number of nitrogens with one attached hydrogen (secondary N) is 1. The first-order chi connectivity index (χ1) is 8.58.